The normalized spacial score (nSPS) is 18.2. The molecule has 1 aliphatic rings. The maximum absolute atomic E-state index is 13.6. The zero-order valence-corrected chi connectivity index (χ0v) is 12.3. The lowest BCUT2D eigenvalue weighted by atomic mass is 10.1. The van der Waals surface area contributed by atoms with E-state index in [9.17, 15) is 14.0 Å². The van der Waals surface area contributed by atoms with Gasteiger partial charge in [0.05, 0.1) is 18.1 Å². The number of carbonyl (C=O) groups excluding carboxylic acids is 2. The monoisotopic (exact) mass is 311 g/mol. The Morgan fingerprint density at radius 2 is 2.24 bits per heavy atom. The molecule has 6 heteroatoms. The van der Waals surface area contributed by atoms with Gasteiger partial charge in [0.15, 0.2) is 0 Å². The van der Waals surface area contributed by atoms with E-state index in [0.29, 0.717) is 19.5 Å². The summed E-state index contributed by atoms with van der Waals surface area (Å²) in [7, 11) is 1.33. The lowest BCUT2D eigenvalue weighted by Gasteiger charge is -2.13. The quantitative estimate of drug-likeness (QED) is 0.636. The summed E-state index contributed by atoms with van der Waals surface area (Å²) < 4.78 is 18.2. The number of hydrogen-bond donors (Lipinski definition) is 0. The summed E-state index contributed by atoms with van der Waals surface area (Å²) in [6.07, 6.45) is 3.20. The average molecular weight is 312 g/mol. The van der Waals surface area contributed by atoms with Crippen LogP contribution in [0, 0.1) is 11.7 Å². The molecule has 0 bridgehead atoms. The SMILES string of the molecule is COC(=O)C1CCN(C(=O)/C=C/c2c(F)cccc2Cl)C1. The fourth-order valence-corrected chi connectivity index (χ4v) is 2.48. The summed E-state index contributed by atoms with van der Waals surface area (Å²) in [6, 6.07) is 4.33. The third-order valence-electron chi connectivity index (χ3n) is 3.43. The van der Waals surface area contributed by atoms with Gasteiger partial charge in [-0.15, -0.1) is 0 Å². The van der Waals surface area contributed by atoms with Gasteiger partial charge in [0, 0.05) is 24.7 Å². The van der Waals surface area contributed by atoms with Crippen LogP contribution in [0.5, 0.6) is 0 Å². The van der Waals surface area contributed by atoms with Crippen molar-refractivity contribution >= 4 is 29.6 Å². The molecular formula is C15H15ClFNO3. The predicted octanol–water partition coefficient (Wildman–Crippen LogP) is 2.51. The lowest BCUT2D eigenvalue weighted by Crippen LogP contribution is -2.28. The average Bonchev–Trinajstić information content (AvgIpc) is 2.95. The van der Waals surface area contributed by atoms with E-state index in [0.717, 1.165) is 0 Å². The highest BCUT2D eigenvalue weighted by molar-refractivity contribution is 6.32. The number of benzene rings is 1. The minimum atomic E-state index is -0.486. The smallest absolute Gasteiger partial charge is 0.310 e. The molecular weight excluding hydrogens is 297 g/mol. The summed E-state index contributed by atoms with van der Waals surface area (Å²) in [5.74, 6) is -1.36. The number of hydrogen-bond acceptors (Lipinski definition) is 3. The molecule has 0 N–H and O–H groups in total. The maximum Gasteiger partial charge on any atom is 0.310 e. The van der Waals surface area contributed by atoms with Crippen LogP contribution in [-0.4, -0.2) is 37.0 Å². The fourth-order valence-electron chi connectivity index (χ4n) is 2.25. The van der Waals surface area contributed by atoms with Crippen molar-refractivity contribution < 1.29 is 18.7 Å². The third kappa shape index (κ3) is 3.61. The molecule has 1 saturated heterocycles. The van der Waals surface area contributed by atoms with Crippen molar-refractivity contribution in [3.8, 4) is 0 Å². The molecule has 1 aromatic carbocycles. The van der Waals surface area contributed by atoms with Gasteiger partial charge in [-0.25, -0.2) is 4.39 Å². The summed E-state index contributed by atoms with van der Waals surface area (Å²) in [4.78, 5) is 25.0. The number of halogens is 2. The van der Waals surface area contributed by atoms with E-state index in [1.165, 1.54) is 36.3 Å². The van der Waals surface area contributed by atoms with Crippen LogP contribution >= 0.6 is 11.6 Å². The van der Waals surface area contributed by atoms with Gasteiger partial charge in [0.1, 0.15) is 5.82 Å². The molecule has 1 atom stereocenters. The first-order chi connectivity index (χ1) is 10.0. The zero-order chi connectivity index (χ0) is 15.4. The van der Waals surface area contributed by atoms with Crippen LogP contribution in [0.2, 0.25) is 5.02 Å². The van der Waals surface area contributed by atoms with E-state index in [-0.39, 0.29) is 28.4 Å². The molecule has 112 valence electrons. The van der Waals surface area contributed by atoms with Crippen molar-refractivity contribution in [3.63, 3.8) is 0 Å². The number of amides is 1. The van der Waals surface area contributed by atoms with Gasteiger partial charge in [0.2, 0.25) is 5.91 Å². The van der Waals surface area contributed by atoms with Gasteiger partial charge in [0.25, 0.3) is 0 Å². The van der Waals surface area contributed by atoms with Gasteiger partial charge >= 0.3 is 5.97 Å². The minimum absolute atomic E-state index is 0.177. The number of carbonyl (C=O) groups is 2. The topological polar surface area (TPSA) is 46.6 Å². The molecule has 1 aliphatic heterocycles. The summed E-state index contributed by atoms with van der Waals surface area (Å²) in [5, 5.41) is 0.243. The summed E-state index contributed by atoms with van der Waals surface area (Å²) in [5.41, 5.74) is 0.177. The molecule has 1 heterocycles. The van der Waals surface area contributed by atoms with E-state index in [1.54, 1.807) is 6.07 Å². The largest absolute Gasteiger partial charge is 0.469 e. The molecule has 1 unspecified atom stereocenters. The Morgan fingerprint density at radius 1 is 1.48 bits per heavy atom. The first-order valence-corrected chi connectivity index (χ1v) is 6.89. The van der Waals surface area contributed by atoms with Crippen molar-refractivity contribution in [1.82, 2.24) is 4.90 Å². The van der Waals surface area contributed by atoms with Crippen LogP contribution in [0.25, 0.3) is 6.08 Å². The standard InChI is InChI=1S/C15H15ClFNO3/c1-21-15(20)10-7-8-18(9-10)14(19)6-5-11-12(16)3-2-4-13(11)17/h2-6,10H,7-9H2,1H3/b6-5+. The maximum atomic E-state index is 13.6. The van der Waals surface area contributed by atoms with Gasteiger partial charge in [-0.3, -0.25) is 9.59 Å². The summed E-state index contributed by atoms with van der Waals surface area (Å²) in [6.45, 7) is 0.800. The van der Waals surface area contributed by atoms with Crippen molar-refractivity contribution in [1.29, 1.82) is 0 Å². The molecule has 0 radical (unpaired) electrons. The number of nitrogens with zero attached hydrogens (tertiary/aromatic N) is 1. The third-order valence-corrected chi connectivity index (χ3v) is 3.76. The molecule has 0 aromatic heterocycles. The molecule has 1 fully saturated rings. The summed E-state index contributed by atoms with van der Waals surface area (Å²) >= 11 is 5.88. The number of ether oxygens (including phenoxy) is 1. The van der Waals surface area contributed by atoms with E-state index in [4.69, 9.17) is 11.6 Å². The Labute approximate surface area is 127 Å². The molecule has 1 amide bonds. The number of esters is 1. The Balaban J connectivity index is 2.02. The van der Waals surface area contributed by atoms with E-state index >= 15 is 0 Å². The van der Waals surface area contributed by atoms with Crippen LogP contribution < -0.4 is 0 Å². The lowest BCUT2D eigenvalue weighted by molar-refractivity contribution is -0.145. The van der Waals surface area contributed by atoms with Crippen LogP contribution in [0.3, 0.4) is 0 Å². The molecule has 2 rings (SSSR count). The van der Waals surface area contributed by atoms with Gasteiger partial charge in [-0.2, -0.15) is 0 Å². The fraction of sp³-hybridized carbons (Fsp3) is 0.333. The Kier molecular flexibility index (Phi) is 4.96. The van der Waals surface area contributed by atoms with E-state index < -0.39 is 5.82 Å². The van der Waals surface area contributed by atoms with Gasteiger partial charge < -0.3 is 9.64 Å². The number of likely N-dealkylation sites (tertiary alicyclic amines) is 1. The Bertz CT molecular complexity index is 568. The molecule has 0 saturated carbocycles. The van der Waals surface area contributed by atoms with Crippen LogP contribution in [-0.2, 0) is 14.3 Å². The van der Waals surface area contributed by atoms with Crippen molar-refractivity contribution in [2.24, 2.45) is 5.92 Å². The molecule has 0 aliphatic carbocycles. The Hall–Kier alpha value is -1.88. The van der Waals surface area contributed by atoms with Crippen molar-refractivity contribution in [3.05, 3.63) is 40.7 Å². The molecule has 0 spiro atoms. The van der Waals surface area contributed by atoms with Crippen LogP contribution in [0.1, 0.15) is 12.0 Å². The number of methoxy groups -OCH3 is 1. The van der Waals surface area contributed by atoms with Gasteiger partial charge in [-0.1, -0.05) is 17.7 Å². The van der Waals surface area contributed by atoms with E-state index in [2.05, 4.69) is 4.74 Å². The number of rotatable bonds is 3. The first kappa shape index (κ1) is 15.5. The second kappa shape index (κ2) is 6.72. The zero-order valence-electron chi connectivity index (χ0n) is 11.5. The molecule has 21 heavy (non-hydrogen) atoms. The van der Waals surface area contributed by atoms with Gasteiger partial charge in [-0.05, 0) is 24.6 Å². The van der Waals surface area contributed by atoms with Crippen LogP contribution in [0.4, 0.5) is 4.39 Å². The predicted molar refractivity (Wildman–Crippen MR) is 77.1 cm³/mol. The van der Waals surface area contributed by atoms with Crippen molar-refractivity contribution in [2.75, 3.05) is 20.2 Å². The second-order valence-electron chi connectivity index (χ2n) is 4.76. The highest BCUT2D eigenvalue weighted by Crippen LogP contribution is 2.21. The minimum Gasteiger partial charge on any atom is -0.469 e. The highest BCUT2D eigenvalue weighted by atomic mass is 35.5. The second-order valence-corrected chi connectivity index (χ2v) is 5.17. The first-order valence-electron chi connectivity index (χ1n) is 6.51. The highest BCUT2D eigenvalue weighted by Gasteiger charge is 2.30. The molecule has 1 aromatic rings. The Morgan fingerprint density at radius 3 is 2.90 bits per heavy atom. The van der Waals surface area contributed by atoms with Crippen LogP contribution in [0.15, 0.2) is 24.3 Å². The van der Waals surface area contributed by atoms with Crippen molar-refractivity contribution in [2.45, 2.75) is 6.42 Å². The van der Waals surface area contributed by atoms with E-state index in [1.807, 2.05) is 0 Å². The molecule has 4 nitrogen and oxygen atoms in total.